The SMILES string of the molecule is C[C@H](NC(=O)COC(=O)[C@@H]1CC(=O)N(NC(=O)c2ccc(Cl)cc2Cl)C1)c1ccccc1. The molecule has 1 aliphatic rings. The molecule has 1 aliphatic heterocycles. The summed E-state index contributed by atoms with van der Waals surface area (Å²) in [5.74, 6) is -3.01. The first-order valence-electron chi connectivity index (χ1n) is 9.82. The van der Waals surface area contributed by atoms with Crippen LogP contribution >= 0.6 is 23.2 Å². The van der Waals surface area contributed by atoms with Crippen LogP contribution in [0.4, 0.5) is 0 Å². The molecular weight excluding hydrogens is 457 g/mol. The van der Waals surface area contributed by atoms with E-state index in [1.165, 1.54) is 18.2 Å². The standard InChI is InChI=1S/C22H21Cl2N3O5/c1-13(14-5-3-2-4-6-14)25-19(28)12-32-22(31)15-9-20(29)27(11-15)26-21(30)17-8-7-16(23)10-18(17)24/h2-8,10,13,15H,9,11-12H2,1H3,(H,25,28)(H,26,30)/t13-,15+/m0/s1. The van der Waals surface area contributed by atoms with Crippen molar-refractivity contribution in [2.75, 3.05) is 13.2 Å². The van der Waals surface area contributed by atoms with Crippen LogP contribution in [-0.4, -0.2) is 41.9 Å². The molecule has 2 N–H and O–H groups in total. The molecule has 1 fully saturated rings. The summed E-state index contributed by atoms with van der Waals surface area (Å²) < 4.78 is 5.06. The summed E-state index contributed by atoms with van der Waals surface area (Å²) >= 11 is 11.8. The number of hydrogen-bond acceptors (Lipinski definition) is 5. The van der Waals surface area contributed by atoms with Gasteiger partial charge in [-0.05, 0) is 30.7 Å². The highest BCUT2D eigenvalue weighted by Gasteiger charge is 2.37. The minimum Gasteiger partial charge on any atom is -0.455 e. The Labute approximate surface area is 194 Å². The van der Waals surface area contributed by atoms with Gasteiger partial charge in [-0.15, -0.1) is 0 Å². The molecule has 0 bridgehead atoms. The van der Waals surface area contributed by atoms with Gasteiger partial charge in [-0.1, -0.05) is 53.5 Å². The Balaban J connectivity index is 1.48. The fraction of sp³-hybridized carbons (Fsp3) is 0.273. The summed E-state index contributed by atoms with van der Waals surface area (Å²) in [6, 6.07) is 13.4. The van der Waals surface area contributed by atoms with Gasteiger partial charge in [0, 0.05) is 11.4 Å². The van der Waals surface area contributed by atoms with E-state index in [1.54, 1.807) is 0 Å². The average molecular weight is 478 g/mol. The lowest BCUT2D eigenvalue weighted by atomic mass is 10.1. The number of ether oxygens (including phenoxy) is 1. The Hall–Kier alpha value is -3.10. The van der Waals surface area contributed by atoms with E-state index in [4.69, 9.17) is 27.9 Å². The average Bonchev–Trinajstić information content (AvgIpc) is 3.12. The number of rotatable bonds is 7. The largest absolute Gasteiger partial charge is 0.455 e. The Morgan fingerprint density at radius 3 is 2.56 bits per heavy atom. The van der Waals surface area contributed by atoms with Gasteiger partial charge in [0.1, 0.15) is 0 Å². The highest BCUT2D eigenvalue weighted by molar-refractivity contribution is 6.36. The number of amides is 3. The second-order valence-corrected chi connectivity index (χ2v) is 8.12. The first-order chi connectivity index (χ1) is 15.2. The summed E-state index contributed by atoms with van der Waals surface area (Å²) in [5, 5.41) is 4.28. The third kappa shape index (κ3) is 5.99. The van der Waals surface area contributed by atoms with Crippen LogP contribution in [0.25, 0.3) is 0 Å². The van der Waals surface area contributed by atoms with Crippen molar-refractivity contribution in [3.05, 3.63) is 69.7 Å². The zero-order chi connectivity index (χ0) is 23.3. The number of halogens is 2. The van der Waals surface area contributed by atoms with Crippen LogP contribution in [0.2, 0.25) is 10.0 Å². The normalized spacial score (nSPS) is 16.4. The first kappa shape index (κ1) is 23.6. The van der Waals surface area contributed by atoms with Crippen molar-refractivity contribution in [3.63, 3.8) is 0 Å². The lowest BCUT2D eigenvalue weighted by Gasteiger charge is -2.18. The molecule has 10 heteroatoms. The summed E-state index contributed by atoms with van der Waals surface area (Å²) in [5.41, 5.74) is 3.48. The fourth-order valence-electron chi connectivity index (χ4n) is 3.19. The van der Waals surface area contributed by atoms with Crippen molar-refractivity contribution in [2.45, 2.75) is 19.4 Å². The van der Waals surface area contributed by atoms with Gasteiger partial charge < -0.3 is 10.1 Å². The zero-order valence-corrected chi connectivity index (χ0v) is 18.7. The van der Waals surface area contributed by atoms with Gasteiger partial charge in [0.15, 0.2) is 6.61 Å². The Morgan fingerprint density at radius 1 is 1.16 bits per heavy atom. The summed E-state index contributed by atoms with van der Waals surface area (Å²) in [7, 11) is 0. The first-order valence-corrected chi connectivity index (χ1v) is 10.6. The van der Waals surface area contributed by atoms with E-state index in [0.29, 0.717) is 5.02 Å². The molecule has 1 heterocycles. The molecule has 1 saturated heterocycles. The maximum Gasteiger partial charge on any atom is 0.311 e. The van der Waals surface area contributed by atoms with Gasteiger partial charge in [0.05, 0.1) is 29.1 Å². The van der Waals surface area contributed by atoms with Crippen LogP contribution in [0.15, 0.2) is 48.5 Å². The molecule has 0 aromatic heterocycles. The molecule has 3 amide bonds. The maximum atomic E-state index is 12.4. The third-order valence-electron chi connectivity index (χ3n) is 4.89. The molecule has 168 valence electrons. The van der Waals surface area contributed by atoms with Gasteiger partial charge >= 0.3 is 5.97 Å². The van der Waals surface area contributed by atoms with Crippen molar-refractivity contribution < 1.29 is 23.9 Å². The lowest BCUT2D eigenvalue weighted by Crippen LogP contribution is -2.43. The zero-order valence-electron chi connectivity index (χ0n) is 17.1. The Morgan fingerprint density at radius 2 is 1.88 bits per heavy atom. The minimum absolute atomic E-state index is 0.0728. The summed E-state index contributed by atoms with van der Waals surface area (Å²) in [6.07, 6.45) is -0.143. The van der Waals surface area contributed by atoms with Gasteiger partial charge in [-0.2, -0.15) is 0 Å². The Bertz CT molecular complexity index is 1030. The van der Waals surface area contributed by atoms with Crippen molar-refractivity contribution >= 4 is 46.9 Å². The highest BCUT2D eigenvalue weighted by Crippen LogP contribution is 2.22. The number of hydrogen-bond donors (Lipinski definition) is 2. The summed E-state index contributed by atoms with van der Waals surface area (Å²) in [6.45, 7) is 1.28. The number of hydrazine groups is 1. The van der Waals surface area contributed by atoms with Crippen LogP contribution < -0.4 is 10.7 Å². The quantitative estimate of drug-likeness (QED) is 0.596. The van der Waals surface area contributed by atoms with Gasteiger partial charge in [-0.3, -0.25) is 29.6 Å². The molecule has 8 nitrogen and oxygen atoms in total. The Kier molecular flexibility index (Phi) is 7.71. The van der Waals surface area contributed by atoms with E-state index in [1.807, 2.05) is 37.3 Å². The number of nitrogens with one attached hydrogen (secondary N) is 2. The molecule has 0 aliphatic carbocycles. The van der Waals surface area contributed by atoms with Crippen molar-refractivity contribution in [1.29, 1.82) is 0 Å². The van der Waals surface area contributed by atoms with Crippen molar-refractivity contribution in [3.8, 4) is 0 Å². The molecule has 0 spiro atoms. The van der Waals surface area contributed by atoms with Gasteiger partial charge in [0.25, 0.3) is 11.8 Å². The number of nitrogens with zero attached hydrogens (tertiary/aromatic N) is 1. The molecule has 32 heavy (non-hydrogen) atoms. The fourth-order valence-corrected chi connectivity index (χ4v) is 3.69. The highest BCUT2D eigenvalue weighted by atomic mass is 35.5. The molecule has 2 aromatic carbocycles. The molecule has 2 aromatic rings. The number of carbonyl (C=O) groups is 4. The van der Waals surface area contributed by atoms with E-state index in [-0.39, 0.29) is 29.6 Å². The predicted octanol–water partition coefficient (Wildman–Crippen LogP) is 2.91. The van der Waals surface area contributed by atoms with Crippen LogP contribution in [0.1, 0.15) is 35.3 Å². The summed E-state index contributed by atoms with van der Waals surface area (Å²) in [4.78, 5) is 49.0. The molecule has 2 atom stereocenters. The maximum absolute atomic E-state index is 12.4. The van der Waals surface area contributed by atoms with Crippen LogP contribution in [-0.2, 0) is 19.1 Å². The van der Waals surface area contributed by atoms with Gasteiger partial charge in [0.2, 0.25) is 5.91 Å². The molecule has 0 radical (unpaired) electrons. The molecule has 3 rings (SSSR count). The molecular formula is C22H21Cl2N3O5. The van der Waals surface area contributed by atoms with E-state index >= 15 is 0 Å². The van der Waals surface area contributed by atoms with E-state index < -0.39 is 36.2 Å². The predicted molar refractivity (Wildman–Crippen MR) is 118 cm³/mol. The third-order valence-corrected chi connectivity index (χ3v) is 5.44. The topological polar surface area (TPSA) is 105 Å². The monoisotopic (exact) mass is 477 g/mol. The van der Waals surface area contributed by atoms with E-state index in [2.05, 4.69) is 10.7 Å². The number of carbonyl (C=O) groups excluding carboxylic acids is 4. The van der Waals surface area contributed by atoms with Gasteiger partial charge in [-0.25, -0.2) is 0 Å². The molecule has 0 unspecified atom stereocenters. The smallest absolute Gasteiger partial charge is 0.311 e. The number of benzene rings is 2. The number of esters is 1. The van der Waals surface area contributed by atoms with E-state index in [9.17, 15) is 19.2 Å². The second kappa shape index (κ2) is 10.5. The minimum atomic E-state index is -0.803. The van der Waals surface area contributed by atoms with Crippen molar-refractivity contribution in [1.82, 2.24) is 15.8 Å². The van der Waals surface area contributed by atoms with Crippen molar-refractivity contribution in [2.24, 2.45) is 5.92 Å². The van der Waals surface area contributed by atoms with Crippen LogP contribution in [0, 0.1) is 5.92 Å². The van der Waals surface area contributed by atoms with Crippen LogP contribution in [0.5, 0.6) is 0 Å². The molecule has 0 saturated carbocycles. The van der Waals surface area contributed by atoms with E-state index in [0.717, 1.165) is 10.6 Å². The second-order valence-electron chi connectivity index (χ2n) is 7.28. The lowest BCUT2D eigenvalue weighted by molar-refractivity contribution is -0.152. The van der Waals surface area contributed by atoms with Crippen LogP contribution in [0.3, 0.4) is 0 Å².